The number of carbonyl (C=O) groups is 3. The first-order valence-corrected chi connectivity index (χ1v) is 11.6. The number of carboxylic acids is 1. The van der Waals surface area contributed by atoms with Crippen molar-refractivity contribution >= 4 is 18.0 Å². The number of alkyl carbamates (subject to hydrolysis) is 1. The van der Waals surface area contributed by atoms with E-state index in [4.69, 9.17) is 14.6 Å². The van der Waals surface area contributed by atoms with E-state index in [9.17, 15) is 14.4 Å². The number of amides is 2. The number of ether oxygens (including phenoxy) is 2. The summed E-state index contributed by atoms with van der Waals surface area (Å²) in [7, 11) is 1.29. The first kappa shape index (κ1) is 23.8. The van der Waals surface area contributed by atoms with Crippen LogP contribution in [-0.2, 0) is 19.1 Å². The molecule has 0 aromatic heterocycles. The van der Waals surface area contributed by atoms with Crippen molar-refractivity contribution in [1.29, 1.82) is 0 Å². The predicted molar refractivity (Wildman–Crippen MR) is 125 cm³/mol. The molecule has 0 radical (unpaired) electrons. The monoisotopic (exact) mass is 466 g/mol. The van der Waals surface area contributed by atoms with Crippen LogP contribution < -0.4 is 10.6 Å². The highest BCUT2D eigenvalue weighted by Crippen LogP contribution is 2.44. The summed E-state index contributed by atoms with van der Waals surface area (Å²) in [4.78, 5) is 35.8. The Labute approximate surface area is 198 Å². The Kier molecular flexibility index (Phi) is 7.47. The minimum absolute atomic E-state index is 0.00822. The second kappa shape index (κ2) is 10.7. The highest BCUT2D eigenvalue weighted by molar-refractivity contribution is 5.79. The zero-order chi connectivity index (χ0) is 24.1. The lowest BCUT2D eigenvalue weighted by Gasteiger charge is -2.19. The van der Waals surface area contributed by atoms with E-state index in [0.29, 0.717) is 12.5 Å². The minimum Gasteiger partial charge on any atom is -0.479 e. The molecule has 2 aliphatic rings. The van der Waals surface area contributed by atoms with Crippen LogP contribution in [0.3, 0.4) is 0 Å². The lowest BCUT2D eigenvalue weighted by Crippen LogP contribution is -2.40. The third kappa shape index (κ3) is 5.56. The number of methoxy groups -OCH3 is 1. The molecular formula is C26H30N2O6. The molecule has 0 saturated heterocycles. The molecule has 2 aromatic rings. The van der Waals surface area contributed by atoms with Crippen LogP contribution in [0, 0.1) is 11.8 Å². The van der Waals surface area contributed by atoms with Gasteiger partial charge in [0.05, 0.1) is 6.54 Å². The summed E-state index contributed by atoms with van der Waals surface area (Å²) in [5.74, 6) is -1.04. The molecule has 2 unspecified atom stereocenters. The van der Waals surface area contributed by atoms with Crippen LogP contribution in [0.25, 0.3) is 11.1 Å². The van der Waals surface area contributed by atoms with Gasteiger partial charge in [0.1, 0.15) is 6.61 Å². The van der Waals surface area contributed by atoms with E-state index in [0.717, 1.165) is 24.0 Å². The van der Waals surface area contributed by atoms with E-state index >= 15 is 0 Å². The van der Waals surface area contributed by atoms with Crippen molar-refractivity contribution in [3.05, 3.63) is 59.7 Å². The smallest absolute Gasteiger partial charge is 0.407 e. The molecule has 34 heavy (non-hydrogen) atoms. The highest BCUT2D eigenvalue weighted by atomic mass is 16.5. The summed E-state index contributed by atoms with van der Waals surface area (Å²) in [5.41, 5.74) is 4.65. The lowest BCUT2D eigenvalue weighted by atomic mass is 9.98. The standard InChI is InChI=1S/C26H30N2O6/c1-33-23(25(30)31)14-27-24(29)12-17(16-10-11-16)13-28-26(32)34-15-22-20-8-4-2-6-18(20)19-7-3-5-9-21(19)22/h2-9,16-17,22-23H,10-15H2,1H3,(H,27,29)(H,28,32)(H,30,31). The average molecular weight is 467 g/mol. The van der Waals surface area contributed by atoms with Crippen molar-refractivity contribution in [1.82, 2.24) is 10.6 Å². The molecule has 1 fully saturated rings. The van der Waals surface area contributed by atoms with Crippen molar-refractivity contribution < 1.29 is 29.0 Å². The SMILES string of the molecule is COC(CNC(=O)CC(CNC(=O)OCC1c2ccccc2-c2ccccc21)C1CC1)C(=O)O. The number of fused-ring (bicyclic) bond motifs is 3. The average Bonchev–Trinajstić information content (AvgIpc) is 3.63. The Bertz CT molecular complexity index is 1010. The minimum atomic E-state index is -1.13. The third-order valence-corrected chi connectivity index (χ3v) is 6.63. The van der Waals surface area contributed by atoms with Crippen molar-refractivity contribution in [3.8, 4) is 11.1 Å². The highest BCUT2D eigenvalue weighted by Gasteiger charge is 2.33. The van der Waals surface area contributed by atoms with Gasteiger partial charge in [-0.05, 0) is 46.9 Å². The number of carboxylic acid groups (broad SMARTS) is 1. The molecule has 4 rings (SSSR count). The van der Waals surface area contributed by atoms with Gasteiger partial charge in [-0.3, -0.25) is 4.79 Å². The molecule has 0 aliphatic heterocycles. The van der Waals surface area contributed by atoms with Crippen LogP contribution in [0.4, 0.5) is 4.79 Å². The lowest BCUT2D eigenvalue weighted by molar-refractivity contribution is -0.148. The summed E-state index contributed by atoms with van der Waals surface area (Å²) in [6.45, 7) is 0.477. The molecule has 0 heterocycles. The molecule has 8 heteroatoms. The van der Waals surface area contributed by atoms with Crippen molar-refractivity contribution in [3.63, 3.8) is 0 Å². The maximum atomic E-state index is 12.5. The molecule has 2 amide bonds. The number of hydrogen-bond acceptors (Lipinski definition) is 5. The van der Waals surface area contributed by atoms with Gasteiger partial charge in [-0.15, -0.1) is 0 Å². The maximum Gasteiger partial charge on any atom is 0.407 e. The molecular weight excluding hydrogens is 436 g/mol. The first-order valence-electron chi connectivity index (χ1n) is 11.6. The largest absolute Gasteiger partial charge is 0.479 e. The van der Waals surface area contributed by atoms with Gasteiger partial charge in [0.15, 0.2) is 6.10 Å². The van der Waals surface area contributed by atoms with E-state index in [1.807, 2.05) is 24.3 Å². The van der Waals surface area contributed by atoms with Gasteiger partial charge >= 0.3 is 12.1 Å². The Morgan fingerprint density at radius 2 is 1.59 bits per heavy atom. The number of nitrogens with one attached hydrogen (secondary N) is 2. The molecule has 2 atom stereocenters. The quantitative estimate of drug-likeness (QED) is 0.469. The Hall–Kier alpha value is -3.39. The van der Waals surface area contributed by atoms with Gasteiger partial charge < -0.3 is 25.2 Å². The molecule has 2 aromatic carbocycles. The van der Waals surface area contributed by atoms with Gasteiger partial charge in [0, 0.05) is 26.0 Å². The molecule has 0 bridgehead atoms. The second-order valence-electron chi connectivity index (χ2n) is 8.87. The summed E-state index contributed by atoms with van der Waals surface area (Å²) in [5, 5.41) is 14.4. The number of rotatable bonds is 11. The fourth-order valence-electron chi connectivity index (χ4n) is 4.63. The molecule has 180 valence electrons. The number of aliphatic carboxylic acids is 1. The van der Waals surface area contributed by atoms with Gasteiger partial charge in [0.2, 0.25) is 5.91 Å². The molecule has 3 N–H and O–H groups in total. The van der Waals surface area contributed by atoms with Crippen molar-refractivity contribution in [2.24, 2.45) is 11.8 Å². The summed E-state index contributed by atoms with van der Waals surface area (Å²) >= 11 is 0. The Morgan fingerprint density at radius 3 is 2.15 bits per heavy atom. The number of carbonyl (C=O) groups excluding carboxylic acids is 2. The molecule has 8 nitrogen and oxygen atoms in total. The molecule has 0 spiro atoms. The van der Waals surface area contributed by atoms with Crippen molar-refractivity contribution in [2.75, 3.05) is 26.8 Å². The van der Waals surface area contributed by atoms with E-state index in [2.05, 4.69) is 34.9 Å². The fraction of sp³-hybridized carbons (Fsp3) is 0.423. The summed E-state index contributed by atoms with van der Waals surface area (Å²) in [6, 6.07) is 16.3. The van der Waals surface area contributed by atoms with Gasteiger partial charge in [-0.2, -0.15) is 0 Å². The molecule has 2 aliphatic carbocycles. The zero-order valence-corrected chi connectivity index (χ0v) is 19.2. The Balaban J connectivity index is 1.27. The topological polar surface area (TPSA) is 114 Å². The maximum absolute atomic E-state index is 12.5. The Morgan fingerprint density at radius 1 is 0.971 bits per heavy atom. The number of benzene rings is 2. The van der Waals surface area contributed by atoms with Gasteiger partial charge in [0.25, 0.3) is 0 Å². The van der Waals surface area contributed by atoms with E-state index in [-0.39, 0.29) is 37.3 Å². The first-order chi connectivity index (χ1) is 16.5. The van der Waals surface area contributed by atoms with E-state index in [1.165, 1.54) is 18.2 Å². The zero-order valence-electron chi connectivity index (χ0n) is 19.2. The van der Waals surface area contributed by atoms with Crippen LogP contribution in [0.2, 0.25) is 0 Å². The second-order valence-corrected chi connectivity index (χ2v) is 8.87. The fourth-order valence-corrected chi connectivity index (χ4v) is 4.63. The predicted octanol–water partition coefficient (Wildman–Crippen LogP) is 3.16. The molecule has 1 saturated carbocycles. The third-order valence-electron chi connectivity index (χ3n) is 6.63. The van der Waals surface area contributed by atoms with Gasteiger partial charge in [-0.25, -0.2) is 9.59 Å². The number of hydrogen-bond donors (Lipinski definition) is 3. The van der Waals surface area contributed by atoms with Crippen LogP contribution in [0.5, 0.6) is 0 Å². The van der Waals surface area contributed by atoms with Crippen LogP contribution in [0.1, 0.15) is 36.3 Å². The van der Waals surface area contributed by atoms with E-state index in [1.54, 1.807) is 0 Å². The normalized spacial score (nSPS) is 16.1. The van der Waals surface area contributed by atoms with Gasteiger partial charge in [-0.1, -0.05) is 48.5 Å². The van der Waals surface area contributed by atoms with Crippen LogP contribution >= 0.6 is 0 Å². The summed E-state index contributed by atoms with van der Waals surface area (Å²) < 4.78 is 10.4. The van der Waals surface area contributed by atoms with Crippen LogP contribution in [-0.4, -0.2) is 56.0 Å². The van der Waals surface area contributed by atoms with E-state index < -0.39 is 18.2 Å². The van der Waals surface area contributed by atoms with Crippen LogP contribution in [0.15, 0.2) is 48.5 Å². The summed E-state index contributed by atoms with van der Waals surface area (Å²) in [6.07, 6.45) is 0.658. The van der Waals surface area contributed by atoms with Crippen molar-refractivity contribution in [2.45, 2.75) is 31.3 Å².